The molecule has 0 N–H and O–H groups in total. The van der Waals surface area contributed by atoms with Gasteiger partial charge < -0.3 is 9.32 Å². The highest BCUT2D eigenvalue weighted by Gasteiger charge is 2.40. The van der Waals surface area contributed by atoms with Gasteiger partial charge in [-0.05, 0) is 18.6 Å². The summed E-state index contributed by atoms with van der Waals surface area (Å²) in [4.78, 5) is 26.6. The summed E-state index contributed by atoms with van der Waals surface area (Å²) in [6, 6.07) is 7.31. The molecule has 1 unspecified atom stereocenters. The van der Waals surface area contributed by atoms with E-state index in [0.29, 0.717) is 44.4 Å². The normalized spacial score (nSPS) is 20.4. The summed E-state index contributed by atoms with van der Waals surface area (Å²) in [6.45, 7) is 1.16. The number of rotatable bonds is 6. The molecule has 0 bridgehead atoms. The van der Waals surface area contributed by atoms with E-state index in [0.717, 1.165) is 11.9 Å². The van der Waals surface area contributed by atoms with E-state index in [9.17, 15) is 9.59 Å². The topological polar surface area (TPSA) is 80.2 Å². The van der Waals surface area contributed by atoms with Crippen molar-refractivity contribution in [2.75, 3.05) is 13.1 Å². The van der Waals surface area contributed by atoms with Crippen molar-refractivity contribution in [3.05, 3.63) is 34.8 Å². The number of carbonyl (C=O) groups is 1. The number of para-hydroxylation sites is 2. The fraction of sp³-hybridized carbons (Fsp3) is 0.474. The van der Waals surface area contributed by atoms with Crippen LogP contribution in [0.4, 0.5) is 0 Å². The molecule has 0 aliphatic carbocycles. The van der Waals surface area contributed by atoms with Gasteiger partial charge in [-0.15, -0.1) is 12.3 Å². The Morgan fingerprint density at radius 3 is 2.92 bits per heavy atom. The second-order valence-corrected chi connectivity index (χ2v) is 6.87. The van der Waals surface area contributed by atoms with Gasteiger partial charge >= 0.3 is 5.76 Å². The van der Waals surface area contributed by atoms with E-state index < -0.39 is 5.66 Å². The highest BCUT2D eigenvalue weighted by Crippen LogP contribution is 2.38. The monoisotopic (exact) mass is 352 g/mol. The van der Waals surface area contributed by atoms with Crippen LogP contribution in [0.25, 0.3) is 11.1 Å². The first kappa shape index (κ1) is 16.6. The molecular formula is C19H20N4O3. The van der Waals surface area contributed by atoms with Crippen molar-refractivity contribution < 1.29 is 9.21 Å². The van der Waals surface area contributed by atoms with Crippen LogP contribution in [0.3, 0.4) is 0 Å². The second kappa shape index (κ2) is 6.45. The lowest BCUT2D eigenvalue weighted by atomic mass is 10.0. The standard InChI is InChI=1S/C19H20N4O3/c1-2-3-10-19(20-21-19)11-8-17(24)22-12-9-14(13-22)23-15-6-4-5-7-16(15)26-18(23)25/h1,4-7,14H,3,8-13H2. The maximum absolute atomic E-state index is 12.5. The Morgan fingerprint density at radius 2 is 2.15 bits per heavy atom. The van der Waals surface area contributed by atoms with Gasteiger partial charge in [-0.1, -0.05) is 12.1 Å². The number of terminal acetylenes is 1. The highest BCUT2D eigenvalue weighted by molar-refractivity contribution is 5.77. The molecule has 1 atom stereocenters. The minimum absolute atomic E-state index is 0.0548. The van der Waals surface area contributed by atoms with E-state index in [2.05, 4.69) is 16.1 Å². The first-order chi connectivity index (χ1) is 12.6. The zero-order chi connectivity index (χ0) is 18.1. The Morgan fingerprint density at radius 1 is 1.35 bits per heavy atom. The lowest BCUT2D eigenvalue weighted by molar-refractivity contribution is -0.130. The molecule has 134 valence electrons. The molecule has 2 aromatic rings. The van der Waals surface area contributed by atoms with Crippen molar-refractivity contribution in [2.24, 2.45) is 10.2 Å². The Bertz CT molecular complexity index is 959. The van der Waals surface area contributed by atoms with Crippen LogP contribution in [-0.2, 0) is 4.79 Å². The average molecular weight is 352 g/mol. The lowest BCUT2D eigenvalue weighted by Gasteiger charge is -2.18. The zero-order valence-corrected chi connectivity index (χ0v) is 14.4. The summed E-state index contributed by atoms with van der Waals surface area (Å²) in [5.41, 5.74) is 0.925. The van der Waals surface area contributed by atoms with Gasteiger partial charge in [-0.25, -0.2) is 4.79 Å². The van der Waals surface area contributed by atoms with E-state index >= 15 is 0 Å². The molecule has 0 spiro atoms. The number of likely N-dealkylation sites (tertiary alicyclic amines) is 1. The average Bonchev–Trinajstić information content (AvgIpc) is 3.09. The number of benzene rings is 1. The largest absolute Gasteiger partial charge is 0.420 e. The smallest absolute Gasteiger partial charge is 0.408 e. The van der Waals surface area contributed by atoms with Crippen molar-refractivity contribution >= 4 is 17.0 Å². The van der Waals surface area contributed by atoms with Gasteiger partial charge in [-0.2, -0.15) is 10.2 Å². The van der Waals surface area contributed by atoms with Gasteiger partial charge in [0.05, 0.1) is 11.6 Å². The molecule has 7 nitrogen and oxygen atoms in total. The van der Waals surface area contributed by atoms with Gasteiger partial charge in [0.2, 0.25) is 5.91 Å². The third kappa shape index (κ3) is 3.03. The quantitative estimate of drug-likeness (QED) is 0.750. The molecule has 2 aliphatic rings. The van der Waals surface area contributed by atoms with E-state index in [1.165, 1.54) is 0 Å². The first-order valence-electron chi connectivity index (χ1n) is 8.87. The number of carbonyl (C=O) groups excluding carboxylic acids is 1. The molecule has 0 saturated carbocycles. The number of amides is 1. The summed E-state index contributed by atoms with van der Waals surface area (Å²) < 4.78 is 6.98. The number of hydrogen-bond acceptors (Lipinski definition) is 5. The Kier molecular flexibility index (Phi) is 4.11. The molecule has 26 heavy (non-hydrogen) atoms. The molecule has 1 fully saturated rings. The number of oxazole rings is 1. The predicted molar refractivity (Wildman–Crippen MR) is 95.6 cm³/mol. The third-order valence-corrected chi connectivity index (χ3v) is 5.19. The van der Waals surface area contributed by atoms with Crippen LogP contribution in [0, 0.1) is 12.3 Å². The molecule has 2 aliphatic heterocycles. The maximum Gasteiger partial charge on any atom is 0.420 e. The summed E-state index contributed by atoms with van der Waals surface area (Å²) in [5.74, 6) is 2.30. The van der Waals surface area contributed by atoms with Crippen molar-refractivity contribution in [3.8, 4) is 12.3 Å². The number of fused-ring (bicyclic) bond motifs is 1. The molecule has 1 aromatic heterocycles. The van der Waals surface area contributed by atoms with Crippen LogP contribution in [0.5, 0.6) is 0 Å². The Hall–Kier alpha value is -2.88. The van der Waals surface area contributed by atoms with Crippen molar-refractivity contribution in [3.63, 3.8) is 0 Å². The maximum atomic E-state index is 12.5. The molecular weight excluding hydrogens is 332 g/mol. The van der Waals surface area contributed by atoms with Crippen LogP contribution in [0.15, 0.2) is 43.7 Å². The second-order valence-electron chi connectivity index (χ2n) is 6.87. The van der Waals surface area contributed by atoms with Gasteiger partial charge in [0.1, 0.15) is 0 Å². The highest BCUT2D eigenvalue weighted by atomic mass is 16.4. The van der Waals surface area contributed by atoms with Gasteiger partial charge in [0, 0.05) is 38.8 Å². The van der Waals surface area contributed by atoms with E-state index in [1.54, 1.807) is 10.6 Å². The summed E-state index contributed by atoms with van der Waals surface area (Å²) in [6.07, 6.45) is 8.34. The number of aromatic nitrogens is 1. The summed E-state index contributed by atoms with van der Waals surface area (Å²) in [7, 11) is 0. The Labute approximate surface area is 150 Å². The van der Waals surface area contributed by atoms with E-state index in [1.807, 2.05) is 23.1 Å². The molecule has 4 rings (SSSR count). The van der Waals surface area contributed by atoms with E-state index in [4.69, 9.17) is 10.8 Å². The molecule has 1 aromatic carbocycles. The fourth-order valence-corrected chi connectivity index (χ4v) is 3.64. The molecule has 1 saturated heterocycles. The van der Waals surface area contributed by atoms with Crippen molar-refractivity contribution in [2.45, 2.75) is 43.8 Å². The van der Waals surface area contributed by atoms with Crippen molar-refractivity contribution in [1.82, 2.24) is 9.47 Å². The van der Waals surface area contributed by atoms with Crippen LogP contribution in [0.1, 0.15) is 38.1 Å². The molecule has 7 heteroatoms. The summed E-state index contributed by atoms with van der Waals surface area (Å²) >= 11 is 0. The van der Waals surface area contributed by atoms with Gasteiger partial charge in [-0.3, -0.25) is 9.36 Å². The Balaban J connectivity index is 1.39. The zero-order valence-electron chi connectivity index (χ0n) is 14.4. The number of nitrogens with zero attached hydrogens (tertiary/aromatic N) is 4. The van der Waals surface area contributed by atoms with Gasteiger partial charge in [0.15, 0.2) is 11.2 Å². The van der Waals surface area contributed by atoms with Crippen LogP contribution >= 0.6 is 0 Å². The van der Waals surface area contributed by atoms with Gasteiger partial charge in [0.25, 0.3) is 0 Å². The molecule has 0 radical (unpaired) electrons. The minimum Gasteiger partial charge on any atom is -0.408 e. The first-order valence-corrected chi connectivity index (χ1v) is 8.87. The van der Waals surface area contributed by atoms with Crippen molar-refractivity contribution in [1.29, 1.82) is 0 Å². The predicted octanol–water partition coefficient (Wildman–Crippen LogP) is 2.72. The third-order valence-electron chi connectivity index (χ3n) is 5.19. The van der Waals surface area contributed by atoms with E-state index in [-0.39, 0.29) is 17.7 Å². The number of hydrogen-bond donors (Lipinski definition) is 0. The van der Waals surface area contributed by atoms with Crippen LogP contribution in [-0.4, -0.2) is 34.1 Å². The fourth-order valence-electron chi connectivity index (χ4n) is 3.64. The molecule has 3 heterocycles. The SMILES string of the molecule is C#CCCC1(CCC(=O)N2CCC(n3c(=O)oc4ccccc43)C2)N=N1. The van der Waals surface area contributed by atoms with Crippen LogP contribution < -0.4 is 5.76 Å². The van der Waals surface area contributed by atoms with Crippen LogP contribution in [0.2, 0.25) is 0 Å². The lowest BCUT2D eigenvalue weighted by Crippen LogP contribution is -2.31. The minimum atomic E-state index is -0.432. The molecule has 1 amide bonds. The summed E-state index contributed by atoms with van der Waals surface area (Å²) in [5, 5.41) is 8.14.